The summed E-state index contributed by atoms with van der Waals surface area (Å²) in [4.78, 5) is 83.5. The van der Waals surface area contributed by atoms with Gasteiger partial charge >= 0.3 is 7.82 Å². The molecule has 7 heterocycles. The second-order valence-electron chi connectivity index (χ2n) is 20.9. The van der Waals surface area contributed by atoms with E-state index >= 15 is 0 Å². The van der Waals surface area contributed by atoms with E-state index in [0.717, 1.165) is 76.1 Å². The number of rotatable bonds is 14. The molecular formula is C50H67N12O8P. The minimum atomic E-state index is -4.73. The Hall–Kier alpha value is -5.89. The number of hydrogen-bond acceptors (Lipinski definition) is 14. The molecule has 2 unspecified atom stereocenters. The summed E-state index contributed by atoms with van der Waals surface area (Å²) in [5.41, 5.74) is 11.1. The van der Waals surface area contributed by atoms with E-state index in [4.69, 9.17) is 15.2 Å². The van der Waals surface area contributed by atoms with Crippen LogP contribution in [0.1, 0.15) is 98.2 Å². The molecule has 0 saturated carbocycles. The van der Waals surface area contributed by atoms with Gasteiger partial charge in [0.05, 0.1) is 42.0 Å². The summed E-state index contributed by atoms with van der Waals surface area (Å²) in [5, 5.41) is 17.2. The summed E-state index contributed by atoms with van der Waals surface area (Å²) in [5.74, 6) is -0.658. The van der Waals surface area contributed by atoms with Gasteiger partial charge in [-0.05, 0) is 113 Å². The lowest BCUT2D eigenvalue weighted by Crippen LogP contribution is -2.60. The largest absolute Gasteiger partial charge is 0.470 e. The van der Waals surface area contributed by atoms with E-state index < -0.39 is 25.4 Å². The summed E-state index contributed by atoms with van der Waals surface area (Å²) in [6.07, 6.45) is 9.55. The van der Waals surface area contributed by atoms with Crippen LogP contribution >= 0.6 is 7.82 Å². The Kier molecular flexibility index (Phi) is 13.8. The molecule has 4 aromatic rings. The number of benzene rings is 1. The van der Waals surface area contributed by atoms with Crippen LogP contribution in [0.3, 0.4) is 0 Å². The molecule has 5 aliphatic rings. The first kappa shape index (κ1) is 50.1. The first-order chi connectivity index (χ1) is 33.7. The van der Waals surface area contributed by atoms with Crippen molar-refractivity contribution >= 4 is 59.9 Å². The summed E-state index contributed by atoms with van der Waals surface area (Å²) >= 11 is 0. The molecule has 1 aliphatic carbocycles. The Labute approximate surface area is 414 Å². The molecule has 0 radical (unpaired) electrons. The van der Waals surface area contributed by atoms with E-state index in [1.165, 1.54) is 23.5 Å². The Morgan fingerprint density at radius 2 is 1.75 bits per heavy atom. The molecule has 0 bridgehead atoms. The van der Waals surface area contributed by atoms with E-state index in [1.54, 1.807) is 26.1 Å². The predicted octanol–water partition coefficient (Wildman–Crippen LogP) is 4.77. The monoisotopic (exact) mass is 994 g/mol. The first-order valence-electron chi connectivity index (χ1n) is 24.6. The minimum Gasteiger partial charge on any atom is -0.394 e. The zero-order valence-corrected chi connectivity index (χ0v) is 42.1. The van der Waals surface area contributed by atoms with Crippen molar-refractivity contribution < 1.29 is 38.4 Å². The number of carbonyl (C=O) groups excluding carboxylic acids is 3. The highest BCUT2D eigenvalue weighted by molar-refractivity contribution is 7.46. The number of carbonyl (C=O) groups is 3. The van der Waals surface area contributed by atoms with Crippen LogP contribution < -0.4 is 31.1 Å². The van der Waals surface area contributed by atoms with Crippen molar-refractivity contribution in [2.45, 2.75) is 109 Å². The van der Waals surface area contributed by atoms with Gasteiger partial charge in [-0.15, -0.1) is 0 Å². The maximum Gasteiger partial charge on any atom is 0.470 e. The van der Waals surface area contributed by atoms with Crippen LogP contribution in [0, 0.1) is 5.41 Å². The molecule has 3 aromatic heterocycles. The highest BCUT2D eigenvalue weighted by Gasteiger charge is 2.43. The fraction of sp³-hybridized carbons (Fsp3) is 0.520. The summed E-state index contributed by atoms with van der Waals surface area (Å²) < 4.78 is 18.9. The number of hydrogen-bond donors (Lipinski definition) is 6. The molecule has 20 nitrogen and oxygen atoms in total. The molecule has 21 heteroatoms. The quantitative estimate of drug-likeness (QED) is 0.0736. The van der Waals surface area contributed by atoms with Crippen molar-refractivity contribution in [3.05, 3.63) is 89.8 Å². The topological polar surface area (TPSA) is 248 Å². The molecule has 3 atom stereocenters. The van der Waals surface area contributed by atoms with Crippen molar-refractivity contribution in [1.82, 2.24) is 29.3 Å². The van der Waals surface area contributed by atoms with Gasteiger partial charge in [0.25, 0.3) is 11.8 Å². The van der Waals surface area contributed by atoms with Gasteiger partial charge in [-0.3, -0.25) is 28.8 Å². The lowest BCUT2D eigenvalue weighted by Gasteiger charge is -2.47. The van der Waals surface area contributed by atoms with Crippen molar-refractivity contribution in [3.8, 4) is 0 Å². The number of aliphatic hydroxyl groups is 1. The van der Waals surface area contributed by atoms with Gasteiger partial charge in [0, 0.05) is 87.7 Å². The third-order valence-corrected chi connectivity index (χ3v) is 15.7. The molecule has 9 rings (SSSR count). The maximum atomic E-state index is 14.2. The van der Waals surface area contributed by atoms with Crippen molar-refractivity contribution in [2.24, 2.45) is 11.1 Å². The molecule has 4 aliphatic heterocycles. The van der Waals surface area contributed by atoms with Crippen LogP contribution in [0.4, 0.5) is 34.4 Å². The van der Waals surface area contributed by atoms with E-state index in [0.29, 0.717) is 60.8 Å². The number of piperidine rings is 2. The van der Waals surface area contributed by atoms with Gasteiger partial charge < -0.3 is 55.4 Å². The fourth-order valence-electron chi connectivity index (χ4n) is 11.7. The van der Waals surface area contributed by atoms with Crippen molar-refractivity contribution in [2.75, 3.05) is 77.8 Å². The maximum absolute atomic E-state index is 14.2. The van der Waals surface area contributed by atoms with Gasteiger partial charge in [-0.2, -0.15) is 0 Å². The Balaban J connectivity index is 0.883. The van der Waals surface area contributed by atoms with Crippen molar-refractivity contribution in [1.29, 1.82) is 0 Å². The minimum absolute atomic E-state index is 0.0252. The van der Waals surface area contributed by atoms with Crippen LogP contribution in [0.5, 0.6) is 0 Å². The van der Waals surface area contributed by atoms with Gasteiger partial charge in [0.2, 0.25) is 5.91 Å². The van der Waals surface area contributed by atoms with Crippen LogP contribution in [-0.2, 0) is 38.9 Å². The molecule has 380 valence electrons. The molecule has 1 aromatic carbocycles. The SMILES string of the molecule is C=CC(=O)Nc1cc(Nc2nc(N3CCCC(N4CCn5c(cc6c5CC(C)(C)C6)C4=O)C3CO)cnc2C(N)=O)ccc1N1CCN(C2CCN(c3ccnc(C(C)(C)OP(=O)(O)O)c3)CC2)C[C@@H]1C. The van der Waals surface area contributed by atoms with E-state index in [9.17, 15) is 33.8 Å². The second kappa shape index (κ2) is 19.6. The number of aliphatic hydroxyl groups excluding tert-OH is 1. The van der Waals surface area contributed by atoms with Crippen LogP contribution in [0.15, 0.2) is 61.4 Å². The number of nitrogens with zero attached hydrogens (tertiary/aromatic N) is 9. The molecule has 71 heavy (non-hydrogen) atoms. The number of primary amides is 1. The summed E-state index contributed by atoms with van der Waals surface area (Å²) in [6, 6.07) is 11.1. The Morgan fingerprint density at radius 3 is 2.45 bits per heavy atom. The molecule has 7 N–H and O–H groups in total. The van der Waals surface area contributed by atoms with Crippen LogP contribution in [-0.4, -0.2) is 139 Å². The smallest absolute Gasteiger partial charge is 0.394 e. The zero-order chi connectivity index (χ0) is 50.6. The lowest BCUT2D eigenvalue weighted by atomic mass is 9.90. The van der Waals surface area contributed by atoms with E-state index in [2.05, 4.69) is 73.3 Å². The van der Waals surface area contributed by atoms with Crippen molar-refractivity contribution in [3.63, 3.8) is 0 Å². The van der Waals surface area contributed by atoms with Gasteiger partial charge in [-0.1, -0.05) is 20.4 Å². The van der Waals surface area contributed by atoms with Crippen LogP contribution in [0.25, 0.3) is 0 Å². The summed E-state index contributed by atoms with van der Waals surface area (Å²) in [6.45, 7) is 19.0. The summed E-state index contributed by atoms with van der Waals surface area (Å²) in [7, 11) is -4.73. The Bertz CT molecular complexity index is 2750. The van der Waals surface area contributed by atoms with E-state index in [-0.39, 0.29) is 47.4 Å². The molecular weight excluding hydrogens is 928 g/mol. The number of aromatic nitrogens is 4. The van der Waals surface area contributed by atoms with Gasteiger partial charge in [0.1, 0.15) is 17.1 Å². The number of nitrogens with one attached hydrogen (secondary N) is 2. The average Bonchev–Trinajstić information content (AvgIpc) is 3.82. The third kappa shape index (κ3) is 10.4. The number of piperazine rings is 1. The van der Waals surface area contributed by atoms with Crippen LogP contribution in [0.2, 0.25) is 0 Å². The number of fused-ring (bicyclic) bond motifs is 3. The highest BCUT2D eigenvalue weighted by atomic mass is 31.2. The third-order valence-electron chi connectivity index (χ3n) is 15.0. The highest BCUT2D eigenvalue weighted by Crippen LogP contribution is 2.45. The molecule has 3 saturated heterocycles. The predicted molar refractivity (Wildman–Crippen MR) is 271 cm³/mol. The molecule has 3 fully saturated rings. The first-order valence-corrected chi connectivity index (χ1v) is 26.1. The standard InChI is InChI=1S/C50H67N12O8P/c1-7-44(64)55-36-24-33(10-11-37(36)59-20-19-58(29-31(59)2)34-13-17-57(18-14-34)35-12-15-52-42(25-35)50(5,6)70-71(67,68)69)54-47-45(46(51)65)53-28-43(56-47)61-16-8-9-38(41(61)30-63)62-22-21-60-39(48(62)66)23-32-26-49(3,4)27-40(32)60/h7,10-12,15,23-25,28,31,34,38,41,63H,1,8-9,13-14,16-22,26-27,29-30H2,2-6H3,(H2,51,65)(H,54,56)(H,55,64)(H2,67,68,69)/t31-,38?,41?/m0/s1. The average molecular weight is 995 g/mol. The molecule has 0 spiro atoms. The Morgan fingerprint density at radius 1 is 0.986 bits per heavy atom. The van der Waals surface area contributed by atoms with Gasteiger partial charge in [-0.25, -0.2) is 14.5 Å². The number of anilines is 6. The number of phosphoric ester groups is 1. The fourth-order valence-corrected chi connectivity index (χ4v) is 12.4. The number of phosphoric acid groups is 1. The second-order valence-corrected chi connectivity index (χ2v) is 22.1. The zero-order valence-electron chi connectivity index (χ0n) is 41.3. The number of nitrogens with two attached hydrogens (primary N) is 1. The van der Waals surface area contributed by atoms with Gasteiger partial charge in [0.15, 0.2) is 11.5 Å². The molecule has 3 amide bonds. The lowest BCUT2D eigenvalue weighted by molar-refractivity contribution is -0.111. The number of pyridine rings is 1. The normalized spacial score (nSPS) is 22.0. The number of amides is 3. The van der Waals surface area contributed by atoms with E-state index in [1.807, 2.05) is 34.1 Å².